The Morgan fingerprint density at radius 1 is 1.15 bits per heavy atom. The van der Waals surface area contributed by atoms with Crippen molar-refractivity contribution < 1.29 is 9.47 Å². The van der Waals surface area contributed by atoms with Gasteiger partial charge in [0.05, 0.1) is 20.9 Å². The zero-order valence-electron chi connectivity index (χ0n) is 10.4. The monoisotopic (exact) mass is 528 g/mol. The summed E-state index contributed by atoms with van der Waals surface area (Å²) in [5, 5.41) is 2.18. The van der Waals surface area contributed by atoms with Crippen molar-refractivity contribution in [1.29, 1.82) is 0 Å². The molecule has 1 aromatic carbocycles. The quantitative estimate of drug-likeness (QED) is 0.364. The summed E-state index contributed by atoms with van der Waals surface area (Å²) in [6.07, 6.45) is 0.919. The maximum Gasteiger partial charge on any atom is 0.162 e. The van der Waals surface area contributed by atoms with Gasteiger partial charge in [0.25, 0.3) is 0 Å². The third-order valence-corrected chi connectivity index (χ3v) is 6.54. The molecule has 1 aliphatic rings. The van der Waals surface area contributed by atoms with E-state index in [1.807, 2.05) is 6.07 Å². The van der Waals surface area contributed by atoms with Crippen LogP contribution in [0, 0.1) is 2.88 Å². The van der Waals surface area contributed by atoms with Gasteiger partial charge in [-0.1, -0.05) is 31.9 Å². The molecule has 0 N–H and O–H groups in total. The molecule has 0 fully saturated rings. The summed E-state index contributed by atoms with van der Waals surface area (Å²) < 4.78 is 13.8. The first-order valence-corrected chi connectivity index (χ1v) is 9.79. The second kappa shape index (κ2) is 6.54. The maximum absolute atomic E-state index is 5.77. The molecule has 1 aromatic heterocycles. The largest absolute Gasteiger partial charge is 0.490 e. The summed E-state index contributed by atoms with van der Waals surface area (Å²) in [6.45, 7) is 1.41. The van der Waals surface area contributed by atoms with E-state index in [2.05, 4.69) is 72.0 Å². The smallest absolute Gasteiger partial charge is 0.162 e. The standard InChI is InChI=1S/C14H11Br2IO2S/c15-10-6-12-11(18-2-1-3-19-12)5-9(10)14(16)8-4-13(17)20-7-8/h4-7,14H,1-3H2. The van der Waals surface area contributed by atoms with Gasteiger partial charge in [-0.25, -0.2) is 0 Å². The molecular weight excluding hydrogens is 519 g/mol. The highest BCUT2D eigenvalue weighted by atomic mass is 127. The van der Waals surface area contributed by atoms with E-state index in [-0.39, 0.29) is 4.83 Å². The van der Waals surface area contributed by atoms with Crippen LogP contribution in [0.4, 0.5) is 0 Å². The molecule has 3 rings (SSSR count). The lowest BCUT2D eigenvalue weighted by Gasteiger charge is -2.15. The number of halogens is 3. The fourth-order valence-electron chi connectivity index (χ4n) is 2.03. The molecule has 1 unspecified atom stereocenters. The van der Waals surface area contributed by atoms with Crippen molar-refractivity contribution in [1.82, 2.24) is 0 Å². The Morgan fingerprint density at radius 2 is 1.85 bits per heavy atom. The Morgan fingerprint density at radius 3 is 2.50 bits per heavy atom. The van der Waals surface area contributed by atoms with E-state index < -0.39 is 0 Å². The highest BCUT2D eigenvalue weighted by molar-refractivity contribution is 14.1. The Hall–Kier alpha value is 0.210. The van der Waals surface area contributed by atoms with Crippen molar-refractivity contribution in [3.63, 3.8) is 0 Å². The molecule has 0 radical (unpaired) electrons. The number of rotatable bonds is 2. The van der Waals surface area contributed by atoms with Crippen molar-refractivity contribution in [2.24, 2.45) is 0 Å². The van der Waals surface area contributed by atoms with E-state index in [1.165, 1.54) is 8.45 Å². The van der Waals surface area contributed by atoms with E-state index in [1.54, 1.807) is 11.3 Å². The van der Waals surface area contributed by atoms with Crippen molar-refractivity contribution in [3.05, 3.63) is 42.1 Å². The summed E-state index contributed by atoms with van der Waals surface area (Å²) in [5.74, 6) is 1.65. The number of hydrogen-bond acceptors (Lipinski definition) is 3. The number of hydrogen-bond donors (Lipinski definition) is 0. The predicted octanol–water partition coefficient (Wildman–Crippen LogP) is 5.76. The molecule has 0 amide bonds. The summed E-state index contributed by atoms with van der Waals surface area (Å²) in [4.78, 5) is 0.147. The van der Waals surface area contributed by atoms with Crippen LogP contribution >= 0.6 is 65.8 Å². The van der Waals surface area contributed by atoms with Crippen LogP contribution in [0.15, 0.2) is 28.1 Å². The molecule has 2 nitrogen and oxygen atoms in total. The minimum Gasteiger partial charge on any atom is -0.490 e. The van der Waals surface area contributed by atoms with Crippen LogP contribution in [0.2, 0.25) is 0 Å². The number of thiophene rings is 1. The molecule has 6 heteroatoms. The first-order valence-electron chi connectivity index (χ1n) is 6.12. The molecule has 0 saturated carbocycles. The summed E-state index contributed by atoms with van der Waals surface area (Å²) in [5.41, 5.74) is 2.41. The normalized spacial score (nSPS) is 15.8. The minimum absolute atomic E-state index is 0.147. The topological polar surface area (TPSA) is 18.5 Å². The SMILES string of the molecule is Brc1cc2c(cc1C(Br)c1csc(I)c1)OCCCO2. The van der Waals surface area contributed by atoms with E-state index in [9.17, 15) is 0 Å². The van der Waals surface area contributed by atoms with Gasteiger partial charge >= 0.3 is 0 Å². The van der Waals surface area contributed by atoms with Crippen molar-refractivity contribution in [3.8, 4) is 11.5 Å². The first-order chi connectivity index (χ1) is 9.65. The number of fused-ring (bicyclic) bond motifs is 1. The second-order valence-corrected chi connectivity index (χ2v) is 8.99. The van der Waals surface area contributed by atoms with E-state index in [0.717, 1.165) is 28.0 Å². The van der Waals surface area contributed by atoms with Gasteiger partial charge in [-0.3, -0.25) is 0 Å². The van der Waals surface area contributed by atoms with Crippen LogP contribution in [0.25, 0.3) is 0 Å². The molecular formula is C14H11Br2IO2S. The number of alkyl halides is 1. The van der Waals surface area contributed by atoms with Gasteiger partial charge in [-0.05, 0) is 57.3 Å². The third-order valence-electron chi connectivity index (χ3n) is 3.02. The Kier molecular flexibility index (Phi) is 4.94. The lowest BCUT2D eigenvalue weighted by Crippen LogP contribution is -1.97. The first kappa shape index (κ1) is 15.1. The van der Waals surface area contributed by atoms with Crippen LogP contribution in [0.3, 0.4) is 0 Å². The Labute approximate surface area is 152 Å². The van der Waals surface area contributed by atoms with Gasteiger partial charge in [0, 0.05) is 10.9 Å². The fraction of sp³-hybridized carbons (Fsp3) is 0.286. The van der Waals surface area contributed by atoms with Gasteiger partial charge in [-0.2, -0.15) is 0 Å². The summed E-state index contributed by atoms with van der Waals surface area (Å²) in [6, 6.07) is 6.26. The average Bonchev–Trinajstić information content (AvgIpc) is 2.73. The van der Waals surface area contributed by atoms with Crippen LogP contribution in [0.5, 0.6) is 11.5 Å². The van der Waals surface area contributed by atoms with Crippen LogP contribution in [-0.2, 0) is 0 Å². The average molecular weight is 530 g/mol. The summed E-state index contributed by atoms with van der Waals surface area (Å²) in [7, 11) is 0. The molecule has 106 valence electrons. The Bertz CT molecular complexity index is 630. The molecule has 0 saturated heterocycles. The summed E-state index contributed by atoms with van der Waals surface area (Å²) >= 11 is 11.5. The molecule has 20 heavy (non-hydrogen) atoms. The molecule has 0 bridgehead atoms. The van der Waals surface area contributed by atoms with E-state index >= 15 is 0 Å². The molecule has 2 heterocycles. The fourth-order valence-corrected chi connectivity index (χ4v) is 5.10. The van der Waals surface area contributed by atoms with Gasteiger partial charge < -0.3 is 9.47 Å². The van der Waals surface area contributed by atoms with Gasteiger partial charge in [0.15, 0.2) is 11.5 Å². The molecule has 1 aliphatic heterocycles. The number of benzene rings is 1. The minimum atomic E-state index is 0.147. The highest BCUT2D eigenvalue weighted by Crippen LogP contribution is 2.43. The zero-order chi connectivity index (χ0) is 14.1. The van der Waals surface area contributed by atoms with Crippen molar-refractivity contribution >= 4 is 65.8 Å². The third kappa shape index (κ3) is 3.18. The van der Waals surface area contributed by atoms with E-state index in [4.69, 9.17) is 9.47 Å². The van der Waals surface area contributed by atoms with Gasteiger partial charge in [0.1, 0.15) is 0 Å². The lowest BCUT2D eigenvalue weighted by molar-refractivity contribution is 0.297. The molecule has 1 atom stereocenters. The molecule has 2 aromatic rings. The van der Waals surface area contributed by atoms with Crippen LogP contribution in [-0.4, -0.2) is 13.2 Å². The molecule has 0 spiro atoms. The lowest BCUT2D eigenvalue weighted by atomic mass is 10.1. The van der Waals surface area contributed by atoms with Crippen molar-refractivity contribution in [2.45, 2.75) is 11.2 Å². The second-order valence-electron chi connectivity index (χ2n) is 4.42. The Balaban J connectivity index is 1.99. The van der Waals surface area contributed by atoms with Crippen molar-refractivity contribution in [2.75, 3.05) is 13.2 Å². The van der Waals surface area contributed by atoms with Gasteiger partial charge in [0.2, 0.25) is 0 Å². The zero-order valence-corrected chi connectivity index (χ0v) is 16.5. The van der Waals surface area contributed by atoms with E-state index in [0.29, 0.717) is 13.2 Å². The predicted molar refractivity (Wildman–Crippen MR) is 97.6 cm³/mol. The van der Waals surface area contributed by atoms with Crippen LogP contribution < -0.4 is 9.47 Å². The highest BCUT2D eigenvalue weighted by Gasteiger charge is 2.20. The number of ether oxygens (including phenoxy) is 2. The van der Waals surface area contributed by atoms with Crippen LogP contribution in [0.1, 0.15) is 22.4 Å². The maximum atomic E-state index is 5.77. The van der Waals surface area contributed by atoms with Gasteiger partial charge in [-0.15, -0.1) is 11.3 Å². The molecule has 0 aliphatic carbocycles.